The maximum Gasteiger partial charge on any atom is 0.214 e. The van der Waals surface area contributed by atoms with Crippen molar-refractivity contribution in [1.29, 1.82) is 0 Å². The number of hydrogen-bond donors (Lipinski definition) is 1. The molecule has 5 nitrogen and oxygen atoms in total. The molecule has 0 unspecified atom stereocenters. The summed E-state index contributed by atoms with van der Waals surface area (Å²) >= 11 is 0. The van der Waals surface area contributed by atoms with E-state index in [0.29, 0.717) is 18.8 Å². The van der Waals surface area contributed by atoms with Gasteiger partial charge in [0.05, 0.1) is 25.6 Å². The molecule has 0 spiro atoms. The van der Waals surface area contributed by atoms with E-state index in [-0.39, 0.29) is 18.9 Å². The molecular weight excluding hydrogens is 273 g/mol. The minimum atomic E-state index is -3.47. The monoisotopic (exact) mass is 291 g/mol. The van der Waals surface area contributed by atoms with Crippen LogP contribution in [0.5, 0.6) is 0 Å². The first-order valence-corrected chi connectivity index (χ1v) is 7.48. The summed E-state index contributed by atoms with van der Waals surface area (Å²) in [5, 5.41) is 0. The lowest BCUT2D eigenvalue weighted by Crippen LogP contribution is -2.28. The third-order valence-electron chi connectivity index (χ3n) is 2.37. The minimum absolute atomic E-state index is 0.0624. The van der Waals surface area contributed by atoms with Crippen molar-refractivity contribution in [1.82, 2.24) is 4.72 Å². The van der Waals surface area contributed by atoms with E-state index in [4.69, 9.17) is 9.47 Å². The summed E-state index contributed by atoms with van der Waals surface area (Å²) in [6.07, 6.45) is 0. The normalized spacial score (nSPS) is 11.7. The van der Waals surface area contributed by atoms with E-state index in [1.807, 2.05) is 0 Å². The second kappa shape index (κ2) is 8.21. The van der Waals surface area contributed by atoms with Crippen LogP contribution in [-0.2, 0) is 26.0 Å². The molecule has 0 radical (unpaired) electrons. The standard InChI is InChI=1S/C12H18FNO4S/c1-17-6-7-18-8-9-19(15,16)14-10-11-4-2-3-5-12(11)13/h2-5,14H,6-10H2,1H3. The summed E-state index contributed by atoms with van der Waals surface area (Å²) in [4.78, 5) is 0. The largest absolute Gasteiger partial charge is 0.382 e. The fourth-order valence-electron chi connectivity index (χ4n) is 1.31. The van der Waals surface area contributed by atoms with Gasteiger partial charge in [-0.2, -0.15) is 0 Å². The van der Waals surface area contributed by atoms with Crippen molar-refractivity contribution in [3.8, 4) is 0 Å². The number of rotatable bonds is 9. The van der Waals surface area contributed by atoms with Crippen molar-refractivity contribution in [3.05, 3.63) is 35.6 Å². The topological polar surface area (TPSA) is 64.6 Å². The molecule has 0 saturated heterocycles. The number of methoxy groups -OCH3 is 1. The highest BCUT2D eigenvalue weighted by Crippen LogP contribution is 2.06. The Morgan fingerprint density at radius 3 is 2.63 bits per heavy atom. The Kier molecular flexibility index (Phi) is 6.93. The van der Waals surface area contributed by atoms with E-state index in [2.05, 4.69) is 4.72 Å². The molecule has 0 bridgehead atoms. The second-order valence-electron chi connectivity index (χ2n) is 3.84. The highest BCUT2D eigenvalue weighted by Gasteiger charge is 2.11. The number of halogens is 1. The van der Waals surface area contributed by atoms with Crippen molar-refractivity contribution in [3.63, 3.8) is 0 Å². The van der Waals surface area contributed by atoms with Gasteiger partial charge in [0.15, 0.2) is 0 Å². The van der Waals surface area contributed by atoms with Crippen LogP contribution in [-0.4, -0.2) is 41.1 Å². The first kappa shape index (κ1) is 16.0. The van der Waals surface area contributed by atoms with Crippen molar-refractivity contribution in [2.75, 3.05) is 32.7 Å². The van der Waals surface area contributed by atoms with Crippen LogP contribution in [0.4, 0.5) is 4.39 Å². The Hall–Kier alpha value is -1.02. The number of benzene rings is 1. The molecule has 0 atom stereocenters. The number of sulfonamides is 1. The molecule has 0 fully saturated rings. The van der Waals surface area contributed by atoms with Crippen LogP contribution in [0.2, 0.25) is 0 Å². The molecule has 0 amide bonds. The number of hydrogen-bond acceptors (Lipinski definition) is 4. The third-order valence-corrected chi connectivity index (χ3v) is 3.66. The Morgan fingerprint density at radius 1 is 1.21 bits per heavy atom. The molecule has 0 heterocycles. The zero-order valence-corrected chi connectivity index (χ0v) is 11.6. The van der Waals surface area contributed by atoms with Crippen LogP contribution < -0.4 is 4.72 Å². The SMILES string of the molecule is COCCOCCS(=O)(=O)NCc1ccccc1F. The maximum absolute atomic E-state index is 13.3. The van der Waals surface area contributed by atoms with Crippen molar-refractivity contribution < 1.29 is 22.3 Å². The molecule has 1 N–H and O–H groups in total. The molecule has 0 aliphatic rings. The Labute approximate surface area is 112 Å². The van der Waals surface area contributed by atoms with E-state index in [9.17, 15) is 12.8 Å². The van der Waals surface area contributed by atoms with Crippen LogP contribution >= 0.6 is 0 Å². The lowest BCUT2D eigenvalue weighted by atomic mass is 10.2. The van der Waals surface area contributed by atoms with Crippen molar-refractivity contribution in [2.45, 2.75) is 6.54 Å². The molecule has 108 valence electrons. The van der Waals surface area contributed by atoms with Crippen LogP contribution in [0.1, 0.15) is 5.56 Å². The van der Waals surface area contributed by atoms with Gasteiger partial charge >= 0.3 is 0 Å². The first-order chi connectivity index (χ1) is 9.05. The second-order valence-corrected chi connectivity index (χ2v) is 5.76. The van der Waals surface area contributed by atoms with Crippen LogP contribution in [0.25, 0.3) is 0 Å². The number of nitrogens with one attached hydrogen (secondary N) is 1. The summed E-state index contributed by atoms with van der Waals surface area (Å²) < 4.78 is 48.6. The Balaban J connectivity index is 2.33. The van der Waals surface area contributed by atoms with Gasteiger partial charge in [0, 0.05) is 19.2 Å². The first-order valence-electron chi connectivity index (χ1n) is 5.82. The van der Waals surface area contributed by atoms with Crippen LogP contribution in [0, 0.1) is 5.82 Å². The number of ether oxygens (including phenoxy) is 2. The van der Waals surface area contributed by atoms with E-state index >= 15 is 0 Å². The molecule has 1 rings (SSSR count). The van der Waals surface area contributed by atoms with E-state index in [1.54, 1.807) is 12.1 Å². The van der Waals surface area contributed by atoms with Crippen LogP contribution in [0.3, 0.4) is 0 Å². The average molecular weight is 291 g/mol. The summed E-state index contributed by atoms with van der Waals surface area (Å²) in [7, 11) is -1.93. The predicted molar refractivity (Wildman–Crippen MR) is 69.7 cm³/mol. The Morgan fingerprint density at radius 2 is 1.95 bits per heavy atom. The summed E-state index contributed by atoms with van der Waals surface area (Å²) in [6.45, 7) is 0.783. The third kappa shape index (κ3) is 6.63. The fourth-order valence-corrected chi connectivity index (χ4v) is 2.17. The van der Waals surface area contributed by atoms with Crippen molar-refractivity contribution >= 4 is 10.0 Å². The van der Waals surface area contributed by atoms with Gasteiger partial charge in [0.1, 0.15) is 5.82 Å². The van der Waals surface area contributed by atoms with E-state index in [0.717, 1.165) is 0 Å². The van der Waals surface area contributed by atoms with Gasteiger partial charge in [0.25, 0.3) is 0 Å². The lowest BCUT2D eigenvalue weighted by molar-refractivity contribution is 0.0784. The summed E-state index contributed by atoms with van der Waals surface area (Å²) in [5.41, 5.74) is 0.311. The summed E-state index contributed by atoms with van der Waals surface area (Å²) in [6, 6.07) is 6.03. The molecule has 7 heteroatoms. The minimum Gasteiger partial charge on any atom is -0.382 e. The molecular formula is C12H18FNO4S. The quantitative estimate of drug-likeness (QED) is 0.687. The fraction of sp³-hybridized carbons (Fsp3) is 0.500. The van der Waals surface area contributed by atoms with Gasteiger partial charge in [-0.15, -0.1) is 0 Å². The van der Waals surface area contributed by atoms with Gasteiger partial charge in [-0.1, -0.05) is 18.2 Å². The molecule has 0 aliphatic carbocycles. The molecule has 0 aromatic heterocycles. The van der Waals surface area contributed by atoms with E-state index < -0.39 is 15.8 Å². The highest BCUT2D eigenvalue weighted by atomic mass is 32.2. The zero-order valence-electron chi connectivity index (χ0n) is 10.8. The molecule has 1 aromatic carbocycles. The predicted octanol–water partition coefficient (Wildman–Crippen LogP) is 0.908. The van der Waals surface area contributed by atoms with Gasteiger partial charge in [0.2, 0.25) is 10.0 Å². The van der Waals surface area contributed by atoms with Crippen LogP contribution in [0.15, 0.2) is 24.3 Å². The van der Waals surface area contributed by atoms with Gasteiger partial charge < -0.3 is 9.47 Å². The smallest absolute Gasteiger partial charge is 0.214 e. The zero-order chi connectivity index (χ0) is 14.1. The van der Waals surface area contributed by atoms with Gasteiger partial charge in [-0.25, -0.2) is 17.5 Å². The Bertz CT molecular complexity index is 478. The van der Waals surface area contributed by atoms with E-state index in [1.165, 1.54) is 19.2 Å². The highest BCUT2D eigenvalue weighted by molar-refractivity contribution is 7.89. The molecule has 0 aliphatic heterocycles. The average Bonchev–Trinajstić information content (AvgIpc) is 2.37. The molecule has 0 saturated carbocycles. The van der Waals surface area contributed by atoms with Gasteiger partial charge in [-0.3, -0.25) is 0 Å². The molecule has 1 aromatic rings. The molecule has 19 heavy (non-hydrogen) atoms. The lowest BCUT2D eigenvalue weighted by Gasteiger charge is -2.08. The maximum atomic E-state index is 13.3. The van der Waals surface area contributed by atoms with Crippen molar-refractivity contribution in [2.24, 2.45) is 0 Å². The van der Waals surface area contributed by atoms with Gasteiger partial charge in [-0.05, 0) is 6.07 Å². The summed E-state index contributed by atoms with van der Waals surface area (Å²) in [5.74, 6) is -0.591.